The highest BCUT2D eigenvalue weighted by atomic mass is 19.4. The van der Waals surface area contributed by atoms with E-state index in [1.165, 1.54) is 12.1 Å². The van der Waals surface area contributed by atoms with Crippen LogP contribution < -0.4 is 10.1 Å². The molecule has 0 spiro atoms. The van der Waals surface area contributed by atoms with Gasteiger partial charge >= 0.3 is 6.18 Å². The van der Waals surface area contributed by atoms with Crippen molar-refractivity contribution >= 4 is 16.7 Å². The summed E-state index contributed by atoms with van der Waals surface area (Å²) in [5.74, 6) is -1.29. The molecule has 4 aromatic rings. The van der Waals surface area contributed by atoms with Crippen LogP contribution in [-0.2, 0) is 12.6 Å². The first kappa shape index (κ1) is 21.4. The van der Waals surface area contributed by atoms with Crippen molar-refractivity contribution in [1.29, 1.82) is 0 Å². The van der Waals surface area contributed by atoms with E-state index in [1.54, 1.807) is 12.1 Å². The van der Waals surface area contributed by atoms with Crippen molar-refractivity contribution in [2.24, 2.45) is 0 Å². The van der Waals surface area contributed by atoms with Crippen LogP contribution in [0.2, 0.25) is 0 Å². The third-order valence-corrected chi connectivity index (χ3v) is 4.64. The zero-order chi connectivity index (χ0) is 22.7. The smallest absolute Gasteiger partial charge is 0.420 e. The molecule has 5 nitrogen and oxygen atoms in total. The van der Waals surface area contributed by atoms with Gasteiger partial charge in [-0.1, -0.05) is 12.1 Å². The van der Waals surface area contributed by atoms with Crippen LogP contribution >= 0.6 is 0 Å². The number of anilines is 1. The number of halogens is 5. The zero-order valence-corrected chi connectivity index (χ0v) is 16.3. The van der Waals surface area contributed by atoms with Crippen molar-refractivity contribution in [3.63, 3.8) is 0 Å². The number of rotatable bonds is 6. The lowest BCUT2D eigenvalue weighted by molar-refractivity contribution is -0.138. The molecule has 0 aliphatic carbocycles. The number of hydrogen-bond donors (Lipinski definition) is 1. The molecule has 0 saturated heterocycles. The molecule has 0 fully saturated rings. The minimum absolute atomic E-state index is 0.0341. The summed E-state index contributed by atoms with van der Waals surface area (Å²) in [6.07, 6.45) is -0.866. The average Bonchev–Trinajstić information content (AvgIpc) is 2.77. The first-order valence-corrected chi connectivity index (χ1v) is 9.43. The van der Waals surface area contributed by atoms with Crippen molar-refractivity contribution in [1.82, 2.24) is 15.0 Å². The molecule has 0 aliphatic heterocycles. The van der Waals surface area contributed by atoms with Gasteiger partial charge in [0.1, 0.15) is 40.6 Å². The van der Waals surface area contributed by atoms with Crippen LogP contribution in [0.1, 0.15) is 11.1 Å². The van der Waals surface area contributed by atoms with Crippen molar-refractivity contribution in [2.75, 3.05) is 11.9 Å². The van der Waals surface area contributed by atoms with E-state index in [9.17, 15) is 22.0 Å². The van der Waals surface area contributed by atoms with Gasteiger partial charge in [-0.15, -0.1) is 0 Å². The van der Waals surface area contributed by atoms with Crippen LogP contribution in [0.3, 0.4) is 0 Å². The predicted octanol–water partition coefficient (Wildman–Crippen LogP) is 5.77. The van der Waals surface area contributed by atoms with Crippen molar-refractivity contribution < 1.29 is 26.7 Å². The lowest BCUT2D eigenvalue weighted by Gasteiger charge is -2.13. The van der Waals surface area contributed by atoms with E-state index in [0.717, 1.165) is 42.5 Å². The Kier molecular flexibility index (Phi) is 5.85. The lowest BCUT2D eigenvalue weighted by atomic mass is 10.1. The van der Waals surface area contributed by atoms with Crippen LogP contribution in [0.5, 0.6) is 11.5 Å². The Balaban J connectivity index is 1.42. The summed E-state index contributed by atoms with van der Waals surface area (Å²) < 4.78 is 72.5. The topological polar surface area (TPSA) is 59.9 Å². The summed E-state index contributed by atoms with van der Waals surface area (Å²) in [7, 11) is 0. The number of nitrogens with one attached hydrogen (secondary N) is 1. The Morgan fingerprint density at radius 2 is 1.66 bits per heavy atom. The zero-order valence-electron chi connectivity index (χ0n) is 16.3. The highest BCUT2D eigenvalue weighted by Crippen LogP contribution is 2.37. The Hall–Kier alpha value is -3.82. The van der Waals surface area contributed by atoms with E-state index in [4.69, 9.17) is 4.74 Å². The van der Waals surface area contributed by atoms with Gasteiger partial charge in [0.25, 0.3) is 0 Å². The van der Waals surface area contributed by atoms with Gasteiger partial charge in [0.2, 0.25) is 0 Å². The van der Waals surface area contributed by atoms with Gasteiger partial charge in [-0.2, -0.15) is 13.2 Å². The predicted molar refractivity (Wildman–Crippen MR) is 107 cm³/mol. The second-order valence-electron chi connectivity index (χ2n) is 6.77. The number of ether oxygens (including phenoxy) is 1. The van der Waals surface area contributed by atoms with Gasteiger partial charge in [-0.25, -0.2) is 18.7 Å². The third kappa shape index (κ3) is 4.58. The molecule has 0 amide bonds. The number of aromatic nitrogens is 3. The monoisotopic (exact) mass is 446 g/mol. The Labute approximate surface area is 178 Å². The molecule has 2 aromatic carbocycles. The standard InChI is InChI=1S/C22H15F5N4O/c23-16-5-6-17(24)20-19(16)21(31-12-30-20)29-10-7-13-1-3-14(4-2-13)32-18-11-28-9-8-15(18)22(25,26)27/h1-6,8-9,11-12H,7,10H2,(H,29,30,31). The van der Waals surface area contributed by atoms with Crippen LogP contribution in [0, 0.1) is 11.6 Å². The molecule has 0 atom stereocenters. The van der Waals surface area contributed by atoms with E-state index in [-0.39, 0.29) is 28.2 Å². The van der Waals surface area contributed by atoms with Crippen molar-refractivity contribution in [3.05, 3.63) is 83.9 Å². The summed E-state index contributed by atoms with van der Waals surface area (Å²) in [6.45, 7) is 0.350. The second-order valence-corrected chi connectivity index (χ2v) is 6.77. The van der Waals surface area contributed by atoms with E-state index in [0.29, 0.717) is 13.0 Å². The minimum Gasteiger partial charge on any atom is -0.455 e. The van der Waals surface area contributed by atoms with Gasteiger partial charge in [-0.05, 0) is 42.3 Å². The molecule has 164 valence electrons. The summed E-state index contributed by atoms with van der Waals surface area (Å²) >= 11 is 0. The van der Waals surface area contributed by atoms with E-state index < -0.39 is 23.4 Å². The summed E-state index contributed by atoms with van der Waals surface area (Å²) in [5.41, 5.74) is -0.184. The largest absolute Gasteiger partial charge is 0.455 e. The van der Waals surface area contributed by atoms with Gasteiger partial charge in [0.05, 0.1) is 11.6 Å². The quantitative estimate of drug-likeness (QED) is 0.381. The average molecular weight is 446 g/mol. The maximum Gasteiger partial charge on any atom is 0.420 e. The highest BCUT2D eigenvalue weighted by Gasteiger charge is 2.34. The second kappa shape index (κ2) is 8.74. The fourth-order valence-corrected chi connectivity index (χ4v) is 3.11. The van der Waals surface area contributed by atoms with Gasteiger partial charge in [0.15, 0.2) is 5.75 Å². The Morgan fingerprint density at radius 3 is 2.41 bits per heavy atom. The van der Waals surface area contributed by atoms with Crippen LogP contribution in [-0.4, -0.2) is 21.5 Å². The highest BCUT2D eigenvalue weighted by molar-refractivity contribution is 5.89. The normalized spacial score (nSPS) is 11.5. The van der Waals surface area contributed by atoms with E-state index >= 15 is 0 Å². The van der Waals surface area contributed by atoms with E-state index in [1.807, 2.05) is 0 Å². The maximum atomic E-state index is 14.1. The Morgan fingerprint density at radius 1 is 0.906 bits per heavy atom. The molecule has 0 radical (unpaired) electrons. The third-order valence-electron chi connectivity index (χ3n) is 4.64. The fourth-order valence-electron chi connectivity index (χ4n) is 3.11. The number of hydrogen-bond acceptors (Lipinski definition) is 5. The van der Waals surface area contributed by atoms with Gasteiger partial charge < -0.3 is 10.1 Å². The molecule has 32 heavy (non-hydrogen) atoms. The summed E-state index contributed by atoms with van der Waals surface area (Å²) in [5, 5.41) is 2.93. The Bertz CT molecular complexity index is 1250. The fraction of sp³-hybridized carbons (Fsp3) is 0.136. The molecule has 2 heterocycles. The molecule has 0 aliphatic rings. The molecule has 2 aromatic heterocycles. The minimum atomic E-state index is -4.56. The molecular formula is C22H15F5N4O. The van der Waals surface area contributed by atoms with Crippen LogP contribution in [0.4, 0.5) is 27.8 Å². The number of alkyl halides is 3. The molecule has 0 saturated carbocycles. The molecule has 0 bridgehead atoms. The first-order valence-electron chi connectivity index (χ1n) is 9.43. The van der Waals surface area contributed by atoms with Crippen LogP contribution in [0.15, 0.2) is 61.2 Å². The number of benzene rings is 2. The molecule has 4 rings (SSSR count). The summed E-state index contributed by atoms with van der Waals surface area (Å²) in [4.78, 5) is 11.4. The van der Waals surface area contributed by atoms with Gasteiger partial charge in [-0.3, -0.25) is 4.98 Å². The van der Waals surface area contributed by atoms with Crippen LogP contribution in [0.25, 0.3) is 10.9 Å². The maximum absolute atomic E-state index is 14.1. The number of fused-ring (bicyclic) bond motifs is 1. The first-order chi connectivity index (χ1) is 15.3. The number of nitrogens with zero attached hydrogens (tertiary/aromatic N) is 3. The lowest BCUT2D eigenvalue weighted by Crippen LogP contribution is -2.08. The van der Waals surface area contributed by atoms with Crippen molar-refractivity contribution in [2.45, 2.75) is 12.6 Å². The summed E-state index contributed by atoms with van der Waals surface area (Å²) in [6, 6.07) is 9.33. The molecule has 10 heteroatoms. The molecule has 0 unspecified atom stereocenters. The number of pyridine rings is 1. The SMILES string of the molecule is Fc1ccc(F)c2c(NCCc3ccc(Oc4cnccc4C(F)(F)F)cc3)ncnc12. The van der Waals surface area contributed by atoms with E-state index in [2.05, 4.69) is 20.3 Å². The van der Waals surface area contributed by atoms with Crippen molar-refractivity contribution in [3.8, 4) is 11.5 Å². The molecular weight excluding hydrogens is 431 g/mol. The molecule has 1 N–H and O–H groups in total. The van der Waals surface area contributed by atoms with Gasteiger partial charge in [0, 0.05) is 12.7 Å².